The summed E-state index contributed by atoms with van der Waals surface area (Å²) in [6.07, 6.45) is 4.42. The first-order valence-corrected chi connectivity index (χ1v) is 3.11. The SMILES string of the molecule is CCc1nccnc1C. The maximum absolute atomic E-state index is 4.13. The number of hydrogen-bond acceptors (Lipinski definition) is 2. The van der Waals surface area contributed by atoms with Crippen LogP contribution in [0.3, 0.4) is 0 Å². The van der Waals surface area contributed by atoms with Gasteiger partial charge in [-0.05, 0) is 13.3 Å². The van der Waals surface area contributed by atoms with Crippen molar-refractivity contribution in [1.29, 1.82) is 0 Å². The van der Waals surface area contributed by atoms with Gasteiger partial charge in [0.05, 0.1) is 11.4 Å². The molecule has 9 heavy (non-hydrogen) atoms. The molecule has 1 aromatic heterocycles. The van der Waals surface area contributed by atoms with Crippen molar-refractivity contribution in [1.82, 2.24) is 9.97 Å². The lowest BCUT2D eigenvalue weighted by molar-refractivity contribution is 0.957. The van der Waals surface area contributed by atoms with Crippen LogP contribution in [0.1, 0.15) is 18.3 Å². The van der Waals surface area contributed by atoms with Crippen LogP contribution in [0.25, 0.3) is 0 Å². The molecule has 0 aliphatic heterocycles. The molecule has 1 heterocycles. The average Bonchev–Trinajstić information content (AvgIpc) is 1.89. The van der Waals surface area contributed by atoms with Gasteiger partial charge in [0.25, 0.3) is 0 Å². The molecule has 0 aromatic carbocycles. The molecule has 0 N–H and O–H groups in total. The van der Waals surface area contributed by atoms with Gasteiger partial charge < -0.3 is 0 Å². The number of nitrogens with zero attached hydrogens (tertiary/aromatic N) is 2. The minimum absolute atomic E-state index is 0.972. The van der Waals surface area contributed by atoms with Gasteiger partial charge in [-0.15, -0.1) is 0 Å². The standard InChI is InChI=1S/C7H10N2/c1-3-7-6(2)8-4-5-9-7/h4-5H,3H2,1-2H3. The topological polar surface area (TPSA) is 25.8 Å². The molecule has 0 unspecified atom stereocenters. The Balaban J connectivity index is 3.01. The van der Waals surface area contributed by atoms with Crippen molar-refractivity contribution >= 4 is 0 Å². The smallest absolute Gasteiger partial charge is 0.0613 e. The lowest BCUT2D eigenvalue weighted by Gasteiger charge is -1.96. The van der Waals surface area contributed by atoms with Crippen molar-refractivity contribution in [3.05, 3.63) is 23.8 Å². The van der Waals surface area contributed by atoms with Gasteiger partial charge in [0.2, 0.25) is 0 Å². The molecular weight excluding hydrogens is 112 g/mol. The molecule has 0 amide bonds. The predicted octanol–water partition coefficient (Wildman–Crippen LogP) is 1.35. The zero-order chi connectivity index (χ0) is 6.69. The lowest BCUT2D eigenvalue weighted by atomic mass is 10.3. The van der Waals surface area contributed by atoms with Gasteiger partial charge in [0.1, 0.15) is 0 Å². The Bertz CT molecular complexity index is 196. The molecule has 1 rings (SSSR count). The van der Waals surface area contributed by atoms with Gasteiger partial charge in [0, 0.05) is 12.4 Å². The lowest BCUT2D eigenvalue weighted by Crippen LogP contribution is -1.92. The van der Waals surface area contributed by atoms with Crippen LogP contribution in [0.5, 0.6) is 0 Å². The summed E-state index contributed by atoms with van der Waals surface area (Å²) < 4.78 is 0. The zero-order valence-corrected chi connectivity index (χ0v) is 5.76. The predicted molar refractivity (Wildman–Crippen MR) is 36.1 cm³/mol. The average molecular weight is 122 g/mol. The molecule has 0 aliphatic carbocycles. The van der Waals surface area contributed by atoms with Crippen molar-refractivity contribution in [3.8, 4) is 0 Å². The molecule has 2 nitrogen and oxygen atoms in total. The molecule has 0 spiro atoms. The maximum atomic E-state index is 4.13. The zero-order valence-electron chi connectivity index (χ0n) is 5.76. The van der Waals surface area contributed by atoms with Gasteiger partial charge in [-0.25, -0.2) is 0 Å². The van der Waals surface area contributed by atoms with E-state index in [1.165, 1.54) is 0 Å². The molecule has 1 aromatic rings. The Morgan fingerprint density at radius 3 is 2.44 bits per heavy atom. The fourth-order valence-electron chi connectivity index (χ4n) is 0.783. The summed E-state index contributed by atoms with van der Waals surface area (Å²) in [5, 5.41) is 0. The number of rotatable bonds is 1. The van der Waals surface area contributed by atoms with Crippen LogP contribution in [0.4, 0.5) is 0 Å². The second-order valence-electron chi connectivity index (χ2n) is 1.94. The minimum Gasteiger partial charge on any atom is -0.258 e. The van der Waals surface area contributed by atoms with Crippen molar-refractivity contribution in [2.24, 2.45) is 0 Å². The molecule has 48 valence electrons. The van der Waals surface area contributed by atoms with E-state index in [9.17, 15) is 0 Å². The third-order valence-electron chi connectivity index (χ3n) is 1.32. The van der Waals surface area contributed by atoms with Gasteiger partial charge in [-0.2, -0.15) is 0 Å². The van der Waals surface area contributed by atoms with Crippen LogP contribution < -0.4 is 0 Å². The van der Waals surface area contributed by atoms with E-state index in [0.717, 1.165) is 17.8 Å². The van der Waals surface area contributed by atoms with E-state index in [1.807, 2.05) is 6.92 Å². The molecule has 0 radical (unpaired) electrons. The highest BCUT2D eigenvalue weighted by molar-refractivity contribution is 5.07. The summed E-state index contributed by atoms with van der Waals surface area (Å²) in [6.45, 7) is 4.06. The van der Waals surface area contributed by atoms with Gasteiger partial charge in [0.15, 0.2) is 0 Å². The molecule has 0 fully saturated rings. The van der Waals surface area contributed by atoms with Crippen molar-refractivity contribution < 1.29 is 0 Å². The van der Waals surface area contributed by atoms with E-state index in [1.54, 1.807) is 12.4 Å². The van der Waals surface area contributed by atoms with Gasteiger partial charge in [-0.1, -0.05) is 6.92 Å². The van der Waals surface area contributed by atoms with E-state index in [4.69, 9.17) is 0 Å². The van der Waals surface area contributed by atoms with Crippen LogP contribution in [-0.2, 0) is 6.42 Å². The van der Waals surface area contributed by atoms with E-state index in [2.05, 4.69) is 16.9 Å². The second kappa shape index (κ2) is 2.58. The van der Waals surface area contributed by atoms with E-state index in [0.29, 0.717) is 0 Å². The Hall–Kier alpha value is -0.920. The Morgan fingerprint density at radius 1 is 1.33 bits per heavy atom. The van der Waals surface area contributed by atoms with Crippen LogP contribution in [0, 0.1) is 6.92 Å². The minimum atomic E-state index is 0.972. The summed E-state index contributed by atoms with van der Waals surface area (Å²) in [7, 11) is 0. The second-order valence-corrected chi connectivity index (χ2v) is 1.94. The molecule has 0 bridgehead atoms. The summed E-state index contributed by atoms with van der Waals surface area (Å²) in [4.78, 5) is 8.22. The van der Waals surface area contributed by atoms with E-state index < -0.39 is 0 Å². The number of aromatic nitrogens is 2. The third-order valence-corrected chi connectivity index (χ3v) is 1.32. The summed E-state index contributed by atoms with van der Waals surface area (Å²) in [6, 6.07) is 0. The Kier molecular flexibility index (Phi) is 1.78. The molecule has 2 heteroatoms. The first-order valence-electron chi connectivity index (χ1n) is 3.11. The fourth-order valence-corrected chi connectivity index (χ4v) is 0.783. The summed E-state index contributed by atoms with van der Waals surface area (Å²) in [5.41, 5.74) is 2.14. The highest BCUT2D eigenvalue weighted by atomic mass is 14.8. The number of hydrogen-bond donors (Lipinski definition) is 0. The summed E-state index contributed by atoms with van der Waals surface area (Å²) in [5.74, 6) is 0. The van der Waals surface area contributed by atoms with E-state index in [-0.39, 0.29) is 0 Å². The highest BCUT2D eigenvalue weighted by Crippen LogP contribution is 1.97. The third kappa shape index (κ3) is 1.25. The van der Waals surface area contributed by atoms with Gasteiger partial charge in [-0.3, -0.25) is 9.97 Å². The van der Waals surface area contributed by atoms with E-state index >= 15 is 0 Å². The number of aryl methyl sites for hydroxylation is 2. The monoisotopic (exact) mass is 122 g/mol. The first kappa shape index (κ1) is 6.20. The van der Waals surface area contributed by atoms with Crippen molar-refractivity contribution in [2.75, 3.05) is 0 Å². The van der Waals surface area contributed by atoms with Gasteiger partial charge >= 0.3 is 0 Å². The maximum Gasteiger partial charge on any atom is 0.0613 e. The molecule has 0 saturated heterocycles. The van der Waals surface area contributed by atoms with Crippen molar-refractivity contribution in [3.63, 3.8) is 0 Å². The highest BCUT2D eigenvalue weighted by Gasteiger charge is 1.92. The Morgan fingerprint density at radius 2 is 2.00 bits per heavy atom. The molecular formula is C7H10N2. The van der Waals surface area contributed by atoms with Crippen LogP contribution in [-0.4, -0.2) is 9.97 Å². The fraction of sp³-hybridized carbons (Fsp3) is 0.429. The Labute approximate surface area is 55.0 Å². The largest absolute Gasteiger partial charge is 0.258 e. The molecule has 0 atom stereocenters. The molecule has 0 aliphatic rings. The van der Waals surface area contributed by atoms with Crippen molar-refractivity contribution in [2.45, 2.75) is 20.3 Å². The van der Waals surface area contributed by atoms with Crippen LogP contribution in [0.15, 0.2) is 12.4 Å². The first-order chi connectivity index (χ1) is 4.34. The van der Waals surface area contributed by atoms with Crippen LogP contribution in [0.2, 0.25) is 0 Å². The normalized spacial score (nSPS) is 9.56. The quantitative estimate of drug-likeness (QED) is 0.562. The van der Waals surface area contributed by atoms with Crippen LogP contribution >= 0.6 is 0 Å². The summed E-state index contributed by atoms with van der Waals surface area (Å²) >= 11 is 0. The molecule has 0 saturated carbocycles.